The van der Waals surface area contributed by atoms with E-state index in [0.717, 1.165) is 51.4 Å². The number of rotatable bonds is 29. The summed E-state index contributed by atoms with van der Waals surface area (Å²) in [5.41, 5.74) is -0.610. The van der Waals surface area contributed by atoms with Crippen LogP contribution in [0.5, 0.6) is 0 Å². The second-order valence-electron chi connectivity index (χ2n) is 16.3. The highest BCUT2D eigenvalue weighted by Gasteiger charge is 2.54. The zero-order valence-electron chi connectivity index (χ0n) is 37.4. The smallest absolute Gasteiger partial charge is 0.408 e. The standard InChI is InChI=1S/C53H63NO10S/c1-2-3-4-24-37-48(55)38-25-7-5-6-8-26-39-49(64-65(58,59)60)52(50(56)61-40-43-27-14-9-15-28-43,54-51(57)62-41-44-29-16-10-17-30-44)42-63-53(45-31-18-11-19-32-45,46-33-20-12-21-34-46)47-35-22-13-23-36-47/h9-23,27-36,49H,2-8,24-26,37-42H2,1H3,(H,54,57)(H,58,59,60)/t49-,52+/m1/s1. The lowest BCUT2D eigenvalue weighted by Gasteiger charge is -2.42. The van der Waals surface area contributed by atoms with Crippen molar-refractivity contribution < 1.29 is 45.7 Å². The van der Waals surface area contributed by atoms with E-state index >= 15 is 4.79 Å². The number of ketones is 1. The number of unbranched alkanes of at least 4 members (excludes halogenated alkanes) is 8. The number of amides is 1. The second kappa shape index (κ2) is 26.3. The van der Waals surface area contributed by atoms with E-state index in [1.54, 1.807) is 48.5 Å². The van der Waals surface area contributed by atoms with Gasteiger partial charge < -0.3 is 19.5 Å². The van der Waals surface area contributed by atoms with Crippen molar-refractivity contribution in [2.75, 3.05) is 6.61 Å². The molecule has 0 aliphatic carbocycles. The van der Waals surface area contributed by atoms with Gasteiger partial charge >= 0.3 is 22.5 Å². The van der Waals surface area contributed by atoms with Gasteiger partial charge in [-0.15, -0.1) is 0 Å². The molecule has 0 bridgehead atoms. The summed E-state index contributed by atoms with van der Waals surface area (Å²) in [6.45, 7) is 1.00. The number of hydrogen-bond acceptors (Lipinski definition) is 9. The molecule has 346 valence electrons. The van der Waals surface area contributed by atoms with Crippen LogP contribution in [0.1, 0.15) is 118 Å². The van der Waals surface area contributed by atoms with E-state index in [2.05, 4.69) is 12.2 Å². The molecule has 0 aromatic heterocycles. The number of nitrogens with one attached hydrogen (secondary N) is 1. The highest BCUT2D eigenvalue weighted by Crippen LogP contribution is 2.42. The Hall–Kier alpha value is -5.66. The van der Waals surface area contributed by atoms with Gasteiger partial charge in [-0.25, -0.2) is 13.8 Å². The Balaban J connectivity index is 1.52. The summed E-state index contributed by atoms with van der Waals surface area (Å²) in [6, 6.07) is 45.9. The third-order valence-electron chi connectivity index (χ3n) is 11.4. The maximum Gasteiger partial charge on any atom is 0.408 e. The molecule has 11 nitrogen and oxygen atoms in total. The summed E-state index contributed by atoms with van der Waals surface area (Å²) in [7, 11) is -5.27. The number of alkyl carbamates (subject to hydrolysis) is 1. The first-order chi connectivity index (χ1) is 31.6. The molecule has 5 rings (SSSR count). The Kier molecular flexibility index (Phi) is 20.4. The van der Waals surface area contributed by atoms with Crippen LogP contribution in [0.15, 0.2) is 152 Å². The Bertz CT molecular complexity index is 2170. The van der Waals surface area contributed by atoms with Crippen molar-refractivity contribution in [2.45, 2.75) is 121 Å². The molecule has 1 amide bonds. The quantitative estimate of drug-likeness (QED) is 0.0205. The maximum absolute atomic E-state index is 15.1. The summed E-state index contributed by atoms with van der Waals surface area (Å²) in [5.74, 6) is -0.788. The van der Waals surface area contributed by atoms with Gasteiger partial charge in [0.2, 0.25) is 0 Å². The average Bonchev–Trinajstić information content (AvgIpc) is 3.33. The van der Waals surface area contributed by atoms with Gasteiger partial charge in [-0.1, -0.05) is 210 Å². The SMILES string of the molecule is CCCCCCC(=O)CCCCCCCC[C@@H](OS(=O)(=O)O)[C@](COC(c1ccccc1)(c1ccccc1)c1ccccc1)(NC(=O)OCc1ccccc1)C(=O)OCc1ccccc1. The monoisotopic (exact) mass is 905 g/mol. The van der Waals surface area contributed by atoms with Gasteiger partial charge in [0.15, 0.2) is 5.54 Å². The first-order valence-corrected chi connectivity index (χ1v) is 24.1. The second-order valence-corrected chi connectivity index (χ2v) is 17.4. The average molecular weight is 906 g/mol. The molecule has 0 aliphatic rings. The number of carbonyl (C=O) groups is 3. The molecule has 0 unspecified atom stereocenters. The number of esters is 1. The van der Waals surface area contributed by atoms with E-state index in [4.69, 9.17) is 18.4 Å². The van der Waals surface area contributed by atoms with Gasteiger partial charge in [0, 0.05) is 12.8 Å². The summed E-state index contributed by atoms with van der Waals surface area (Å²) in [4.78, 5) is 41.6. The molecule has 0 heterocycles. The number of carbonyl (C=O) groups excluding carboxylic acids is 3. The highest BCUT2D eigenvalue weighted by atomic mass is 32.3. The van der Waals surface area contributed by atoms with Crippen LogP contribution in [0.25, 0.3) is 0 Å². The minimum absolute atomic E-state index is 0.131. The molecular formula is C53H63NO10S. The van der Waals surface area contributed by atoms with Crippen LogP contribution in [-0.2, 0) is 57.2 Å². The van der Waals surface area contributed by atoms with Crippen molar-refractivity contribution >= 4 is 28.2 Å². The van der Waals surface area contributed by atoms with Gasteiger partial charge in [-0.2, -0.15) is 8.42 Å². The molecule has 65 heavy (non-hydrogen) atoms. The predicted octanol–water partition coefficient (Wildman–Crippen LogP) is 11.3. The predicted molar refractivity (Wildman–Crippen MR) is 251 cm³/mol. The molecule has 0 saturated carbocycles. The van der Waals surface area contributed by atoms with Crippen molar-refractivity contribution in [1.29, 1.82) is 0 Å². The molecule has 5 aromatic carbocycles. The van der Waals surface area contributed by atoms with Crippen molar-refractivity contribution in [3.63, 3.8) is 0 Å². The summed E-state index contributed by atoms with van der Waals surface area (Å²) >= 11 is 0. The van der Waals surface area contributed by atoms with Crippen molar-refractivity contribution in [3.05, 3.63) is 179 Å². The first kappa shape index (κ1) is 50.3. The van der Waals surface area contributed by atoms with Crippen LogP contribution in [-0.4, -0.2) is 49.1 Å². The topological polar surface area (TPSA) is 155 Å². The largest absolute Gasteiger partial charge is 0.459 e. The third kappa shape index (κ3) is 15.8. The lowest BCUT2D eigenvalue weighted by molar-refractivity contribution is -0.165. The summed E-state index contributed by atoms with van der Waals surface area (Å²) < 4.78 is 60.5. The fourth-order valence-electron chi connectivity index (χ4n) is 7.99. The van der Waals surface area contributed by atoms with E-state index in [-0.39, 0.29) is 25.4 Å². The Morgan fingerprint density at radius 3 is 1.45 bits per heavy atom. The van der Waals surface area contributed by atoms with E-state index in [1.165, 1.54) is 0 Å². The van der Waals surface area contributed by atoms with Gasteiger partial charge in [-0.3, -0.25) is 9.35 Å². The molecule has 12 heteroatoms. The molecule has 0 radical (unpaired) electrons. The number of ether oxygens (including phenoxy) is 3. The Morgan fingerprint density at radius 2 is 0.985 bits per heavy atom. The van der Waals surface area contributed by atoms with Crippen LogP contribution in [0.4, 0.5) is 4.79 Å². The Labute approximate surface area is 384 Å². The molecular weight excluding hydrogens is 843 g/mol. The molecule has 0 saturated heterocycles. The van der Waals surface area contributed by atoms with Crippen molar-refractivity contribution in [1.82, 2.24) is 5.32 Å². The summed E-state index contributed by atoms with van der Waals surface area (Å²) in [6.07, 6.45) is 6.59. The normalized spacial score (nSPS) is 13.0. The number of hydrogen-bond donors (Lipinski definition) is 2. The Morgan fingerprint density at radius 1 is 0.569 bits per heavy atom. The molecule has 0 spiro atoms. The van der Waals surface area contributed by atoms with Gasteiger partial charge in [0.1, 0.15) is 30.7 Å². The van der Waals surface area contributed by atoms with Gasteiger partial charge in [0.05, 0.1) is 6.61 Å². The minimum Gasteiger partial charge on any atom is -0.459 e. The third-order valence-corrected chi connectivity index (χ3v) is 11.9. The minimum atomic E-state index is -5.27. The molecule has 0 aliphatic heterocycles. The highest BCUT2D eigenvalue weighted by molar-refractivity contribution is 7.80. The van der Waals surface area contributed by atoms with Gasteiger partial charge in [-0.05, 0) is 47.1 Å². The van der Waals surface area contributed by atoms with Crippen LogP contribution in [0, 0.1) is 0 Å². The first-order valence-electron chi connectivity index (χ1n) is 22.7. The molecule has 5 aromatic rings. The molecule has 0 fully saturated rings. The van der Waals surface area contributed by atoms with Crippen molar-refractivity contribution in [3.8, 4) is 0 Å². The van der Waals surface area contributed by atoms with E-state index in [1.807, 2.05) is 103 Å². The van der Waals surface area contributed by atoms with Crippen LogP contribution in [0.2, 0.25) is 0 Å². The zero-order chi connectivity index (χ0) is 46.2. The lowest BCUT2D eigenvalue weighted by Crippen LogP contribution is -2.67. The summed E-state index contributed by atoms with van der Waals surface area (Å²) in [5, 5.41) is 2.69. The molecule has 2 atom stereocenters. The maximum atomic E-state index is 15.1. The van der Waals surface area contributed by atoms with E-state index in [0.29, 0.717) is 53.5 Å². The van der Waals surface area contributed by atoms with E-state index in [9.17, 15) is 22.6 Å². The van der Waals surface area contributed by atoms with Crippen LogP contribution < -0.4 is 5.32 Å². The fraction of sp³-hybridized carbons (Fsp3) is 0.377. The number of Topliss-reactive ketones (excluding diaryl/α,β-unsaturated/α-hetero) is 1. The van der Waals surface area contributed by atoms with Crippen molar-refractivity contribution in [2.24, 2.45) is 0 Å². The fourth-order valence-corrected chi connectivity index (χ4v) is 8.55. The van der Waals surface area contributed by atoms with E-state index < -0.39 is 46.3 Å². The van der Waals surface area contributed by atoms with Gasteiger partial charge in [0.25, 0.3) is 0 Å². The number of benzene rings is 5. The lowest BCUT2D eigenvalue weighted by atomic mass is 9.79. The van der Waals surface area contributed by atoms with Crippen LogP contribution >= 0.6 is 0 Å². The molecule has 2 N–H and O–H groups in total. The zero-order valence-corrected chi connectivity index (χ0v) is 38.2. The van der Waals surface area contributed by atoms with Crippen LogP contribution in [0.3, 0.4) is 0 Å².